The van der Waals surface area contributed by atoms with Gasteiger partial charge in [0.15, 0.2) is 11.6 Å². The van der Waals surface area contributed by atoms with Crippen molar-refractivity contribution < 1.29 is 18.7 Å². The molecule has 2 aromatic rings. The molecular formula is C19H18BrFN4O3. The van der Waals surface area contributed by atoms with Crippen LogP contribution in [-0.2, 0) is 4.79 Å². The second kappa shape index (κ2) is 8.92. The van der Waals surface area contributed by atoms with Crippen LogP contribution < -0.4 is 10.1 Å². The highest BCUT2D eigenvalue weighted by Crippen LogP contribution is 2.22. The van der Waals surface area contributed by atoms with E-state index in [-0.39, 0.29) is 22.0 Å². The first-order valence-electron chi connectivity index (χ1n) is 8.65. The largest absolute Gasteiger partial charge is 0.415 e. The van der Waals surface area contributed by atoms with Crippen molar-refractivity contribution in [3.05, 3.63) is 53.0 Å². The second-order valence-electron chi connectivity index (χ2n) is 6.31. The average molecular weight is 449 g/mol. The molecule has 0 saturated carbocycles. The van der Waals surface area contributed by atoms with Gasteiger partial charge in [-0.25, -0.2) is 9.18 Å². The Hall–Kier alpha value is -2.81. The van der Waals surface area contributed by atoms with E-state index >= 15 is 0 Å². The molecule has 2 N–H and O–H groups in total. The minimum atomic E-state index is -0.483. The predicted molar refractivity (Wildman–Crippen MR) is 105 cm³/mol. The van der Waals surface area contributed by atoms with E-state index in [0.29, 0.717) is 37.4 Å². The van der Waals surface area contributed by atoms with E-state index in [0.717, 1.165) is 0 Å². The molecule has 146 valence electrons. The molecule has 0 radical (unpaired) electrons. The summed E-state index contributed by atoms with van der Waals surface area (Å²) in [6.45, 7) is 0.732. The topological polar surface area (TPSA) is 95.4 Å². The number of halogens is 2. The molecule has 2 heterocycles. The first-order valence-corrected chi connectivity index (χ1v) is 9.45. The third kappa shape index (κ3) is 4.92. The zero-order valence-corrected chi connectivity index (χ0v) is 16.4. The highest BCUT2D eigenvalue weighted by Gasteiger charge is 2.30. The van der Waals surface area contributed by atoms with Crippen molar-refractivity contribution >= 4 is 39.3 Å². The van der Waals surface area contributed by atoms with Crippen molar-refractivity contribution in [1.29, 1.82) is 5.41 Å². The third-order valence-corrected chi connectivity index (χ3v) is 5.01. The van der Waals surface area contributed by atoms with Crippen molar-refractivity contribution in [3.63, 3.8) is 0 Å². The zero-order valence-electron chi connectivity index (χ0n) is 14.8. The number of anilines is 1. The molecule has 28 heavy (non-hydrogen) atoms. The molecule has 0 unspecified atom stereocenters. The number of Topliss-reactive ketones (excluding diaryl/α,β-unsaturated/α-hetero) is 1. The van der Waals surface area contributed by atoms with Gasteiger partial charge >= 0.3 is 6.09 Å². The summed E-state index contributed by atoms with van der Waals surface area (Å²) >= 11 is 3.07. The lowest BCUT2D eigenvalue weighted by Gasteiger charge is -2.30. The van der Waals surface area contributed by atoms with Gasteiger partial charge in [-0.15, -0.1) is 0 Å². The zero-order chi connectivity index (χ0) is 20.1. The molecule has 0 bridgehead atoms. The minimum Gasteiger partial charge on any atom is -0.409 e. The Balaban J connectivity index is 1.50. The molecule has 0 aliphatic carbocycles. The number of piperidine rings is 1. The summed E-state index contributed by atoms with van der Waals surface area (Å²) in [5, 5.41) is 10.7. The number of nitrogens with one attached hydrogen (secondary N) is 2. The highest BCUT2D eigenvalue weighted by atomic mass is 79.9. The Morgan fingerprint density at radius 1 is 1.29 bits per heavy atom. The Bertz CT molecular complexity index is 886. The van der Waals surface area contributed by atoms with Gasteiger partial charge in [0.1, 0.15) is 5.82 Å². The van der Waals surface area contributed by atoms with E-state index in [4.69, 9.17) is 10.1 Å². The van der Waals surface area contributed by atoms with Crippen LogP contribution in [0.5, 0.6) is 5.75 Å². The first kappa shape index (κ1) is 19.9. The number of nitrogens with zero attached hydrogens (tertiary/aromatic N) is 2. The number of amides is 1. The Labute approximate surface area is 169 Å². The summed E-state index contributed by atoms with van der Waals surface area (Å²) in [4.78, 5) is 30.1. The Morgan fingerprint density at radius 3 is 2.68 bits per heavy atom. The molecule has 1 aliphatic rings. The number of rotatable bonds is 4. The molecule has 1 fully saturated rings. The van der Waals surface area contributed by atoms with Crippen LogP contribution >= 0.6 is 15.9 Å². The first-order chi connectivity index (χ1) is 13.4. The maximum absolute atomic E-state index is 13.3. The van der Waals surface area contributed by atoms with Gasteiger partial charge in [0.2, 0.25) is 5.78 Å². The standard InChI is InChI=1S/C19H18BrFN4O3/c20-15-10-13(3-4-16(15)21)24-18(22)17(26)12-5-8-25(9-6-12)19(27)28-14-2-1-7-23-11-14/h1-4,7,10-12H,5-6,8-9H2,(H2,22,24). The fraction of sp³-hybridized carbons (Fsp3) is 0.263. The average Bonchev–Trinajstić information content (AvgIpc) is 2.71. The van der Waals surface area contributed by atoms with E-state index in [1.807, 2.05) is 0 Å². The number of carbonyl (C=O) groups excluding carboxylic acids is 2. The van der Waals surface area contributed by atoms with Crippen molar-refractivity contribution in [2.75, 3.05) is 18.4 Å². The summed E-state index contributed by atoms with van der Waals surface area (Å²) in [6.07, 6.45) is 3.44. The molecule has 1 amide bonds. The van der Waals surface area contributed by atoms with Crippen LogP contribution in [-0.4, -0.2) is 40.7 Å². The molecule has 0 spiro atoms. The number of aromatic nitrogens is 1. The summed E-state index contributed by atoms with van der Waals surface area (Å²) < 4.78 is 18.8. The number of benzene rings is 1. The van der Waals surface area contributed by atoms with Crippen molar-refractivity contribution in [2.24, 2.45) is 5.92 Å². The lowest BCUT2D eigenvalue weighted by Crippen LogP contribution is -2.43. The molecular weight excluding hydrogens is 431 g/mol. The number of ketones is 1. The van der Waals surface area contributed by atoms with Crippen LogP contribution in [0.4, 0.5) is 14.9 Å². The SMILES string of the molecule is N=C(Nc1ccc(F)c(Br)c1)C(=O)C1CCN(C(=O)Oc2cccnc2)CC1. The van der Waals surface area contributed by atoms with Gasteiger partial charge in [-0.1, -0.05) is 0 Å². The van der Waals surface area contributed by atoms with E-state index in [1.165, 1.54) is 29.3 Å². The normalized spacial score (nSPS) is 14.4. The van der Waals surface area contributed by atoms with E-state index < -0.39 is 11.9 Å². The maximum atomic E-state index is 13.3. The van der Waals surface area contributed by atoms with Gasteiger partial charge in [-0.05, 0) is 59.1 Å². The molecule has 1 aromatic heterocycles. The quantitative estimate of drug-likeness (QED) is 0.546. The lowest BCUT2D eigenvalue weighted by molar-refractivity contribution is -0.117. The molecule has 3 rings (SSSR count). The molecule has 0 atom stereocenters. The molecule has 1 saturated heterocycles. The van der Waals surface area contributed by atoms with Gasteiger partial charge in [-0.2, -0.15) is 0 Å². The molecule has 1 aliphatic heterocycles. The van der Waals surface area contributed by atoms with E-state index in [9.17, 15) is 14.0 Å². The van der Waals surface area contributed by atoms with Crippen LogP contribution in [0.1, 0.15) is 12.8 Å². The second-order valence-corrected chi connectivity index (χ2v) is 7.17. The Kier molecular flexibility index (Phi) is 6.35. The van der Waals surface area contributed by atoms with Gasteiger partial charge in [0, 0.05) is 30.9 Å². The van der Waals surface area contributed by atoms with Gasteiger partial charge < -0.3 is 15.0 Å². The highest BCUT2D eigenvalue weighted by molar-refractivity contribution is 9.10. The summed E-state index contributed by atoms with van der Waals surface area (Å²) in [5.41, 5.74) is 0.448. The molecule has 9 heteroatoms. The van der Waals surface area contributed by atoms with E-state index in [2.05, 4.69) is 26.2 Å². The van der Waals surface area contributed by atoms with Gasteiger partial charge in [-0.3, -0.25) is 15.2 Å². The van der Waals surface area contributed by atoms with Crippen LogP contribution in [0.3, 0.4) is 0 Å². The predicted octanol–water partition coefficient (Wildman–Crippen LogP) is 3.85. The van der Waals surface area contributed by atoms with Crippen molar-refractivity contribution in [2.45, 2.75) is 12.8 Å². The number of amidine groups is 1. The monoisotopic (exact) mass is 448 g/mol. The minimum absolute atomic E-state index is 0.248. The number of pyridine rings is 1. The summed E-state index contributed by atoms with van der Waals surface area (Å²) in [7, 11) is 0. The summed E-state index contributed by atoms with van der Waals surface area (Å²) in [5.74, 6) is -1.00. The van der Waals surface area contributed by atoms with E-state index in [1.54, 1.807) is 18.3 Å². The number of ether oxygens (including phenoxy) is 1. The van der Waals surface area contributed by atoms with Crippen LogP contribution in [0.2, 0.25) is 0 Å². The smallest absolute Gasteiger partial charge is 0.409 e. The van der Waals surface area contributed by atoms with Crippen LogP contribution in [0.25, 0.3) is 0 Å². The fourth-order valence-corrected chi connectivity index (χ4v) is 3.26. The van der Waals surface area contributed by atoms with Crippen LogP contribution in [0.15, 0.2) is 47.2 Å². The van der Waals surface area contributed by atoms with Crippen molar-refractivity contribution in [1.82, 2.24) is 9.88 Å². The van der Waals surface area contributed by atoms with Crippen LogP contribution in [0, 0.1) is 17.1 Å². The number of hydrogen-bond donors (Lipinski definition) is 2. The molecule has 1 aromatic carbocycles. The number of hydrogen-bond acceptors (Lipinski definition) is 5. The number of carbonyl (C=O) groups is 2. The maximum Gasteiger partial charge on any atom is 0.415 e. The lowest BCUT2D eigenvalue weighted by atomic mass is 9.92. The van der Waals surface area contributed by atoms with Gasteiger partial charge in [0.05, 0.1) is 10.7 Å². The fourth-order valence-electron chi connectivity index (χ4n) is 2.88. The third-order valence-electron chi connectivity index (χ3n) is 4.40. The number of likely N-dealkylation sites (tertiary alicyclic amines) is 1. The molecule has 7 nitrogen and oxygen atoms in total. The summed E-state index contributed by atoms with van der Waals surface area (Å²) in [6, 6.07) is 7.48. The van der Waals surface area contributed by atoms with Gasteiger partial charge in [0.25, 0.3) is 0 Å². The van der Waals surface area contributed by atoms with Crippen molar-refractivity contribution in [3.8, 4) is 5.75 Å². The Morgan fingerprint density at radius 2 is 2.04 bits per heavy atom.